The smallest absolute Gasteiger partial charge is 0.306 e. The first-order valence-electron chi connectivity index (χ1n) is 12.4. The van der Waals surface area contributed by atoms with Crippen LogP contribution in [0.2, 0.25) is 0 Å². The maximum atomic E-state index is 12.5. The summed E-state index contributed by atoms with van der Waals surface area (Å²) in [4.78, 5) is 23.6. The van der Waals surface area contributed by atoms with Crippen LogP contribution in [0.4, 0.5) is 0 Å². The van der Waals surface area contributed by atoms with Crippen molar-refractivity contribution in [1.82, 2.24) is 0 Å². The van der Waals surface area contributed by atoms with Crippen LogP contribution in [0.25, 0.3) is 0 Å². The summed E-state index contributed by atoms with van der Waals surface area (Å²) in [6, 6.07) is 0. The van der Waals surface area contributed by atoms with Crippen LogP contribution < -0.4 is 0 Å². The van der Waals surface area contributed by atoms with Crippen molar-refractivity contribution in [1.29, 1.82) is 0 Å². The Morgan fingerprint density at radius 2 is 1.07 bits per heavy atom. The molecule has 0 aliphatic carbocycles. The monoisotopic (exact) mass is 428 g/mol. The fraction of sp³-hybridized carbons (Fsp3) is 0.920. The summed E-state index contributed by atoms with van der Waals surface area (Å²) in [6.07, 6.45) is 18.7. The number of likely N-dealkylation sites (N-methyl/N-ethyl adjacent to an activating group) is 1. The molecule has 0 aromatic rings. The highest BCUT2D eigenvalue weighted by Crippen LogP contribution is 2.20. The molecule has 0 unspecified atom stereocenters. The van der Waals surface area contributed by atoms with E-state index >= 15 is 0 Å². The van der Waals surface area contributed by atoms with Gasteiger partial charge in [0.2, 0.25) is 0 Å². The van der Waals surface area contributed by atoms with Crippen LogP contribution in [-0.4, -0.2) is 59.7 Å². The van der Waals surface area contributed by atoms with E-state index in [9.17, 15) is 14.7 Å². The van der Waals surface area contributed by atoms with Crippen LogP contribution in [0.1, 0.15) is 116 Å². The quantitative estimate of drug-likeness (QED) is 0.181. The van der Waals surface area contributed by atoms with Crippen molar-refractivity contribution >= 4 is 11.8 Å². The van der Waals surface area contributed by atoms with E-state index in [4.69, 9.17) is 5.11 Å². The summed E-state index contributed by atoms with van der Waals surface area (Å²) in [5, 5.41) is 19.7. The number of unbranched alkanes of at least 4 members (excludes halogenated alkanes) is 14. The molecule has 0 aromatic heterocycles. The minimum Gasteiger partial charge on any atom is -0.481 e. The molecule has 1 atom stereocenters. The lowest BCUT2D eigenvalue weighted by Gasteiger charge is -2.33. The van der Waals surface area contributed by atoms with Crippen molar-refractivity contribution in [2.24, 2.45) is 0 Å². The second-order valence-corrected chi connectivity index (χ2v) is 10.2. The van der Waals surface area contributed by atoms with E-state index in [1.54, 1.807) is 0 Å². The summed E-state index contributed by atoms with van der Waals surface area (Å²) < 4.78 is 0.356. The van der Waals surface area contributed by atoms with E-state index in [2.05, 4.69) is 6.92 Å². The number of rotatable bonds is 21. The third-order valence-electron chi connectivity index (χ3n) is 5.71. The number of ketones is 1. The first-order chi connectivity index (χ1) is 14.1. The number of hydrogen-bond donors (Lipinski definition) is 2. The molecule has 0 amide bonds. The Balaban J connectivity index is 3.74. The molecule has 2 N–H and O–H groups in total. The van der Waals surface area contributed by atoms with Gasteiger partial charge in [-0.25, -0.2) is 0 Å². The summed E-state index contributed by atoms with van der Waals surface area (Å²) in [6.45, 7) is 2.38. The minimum absolute atomic E-state index is 0.122. The molecule has 0 heterocycles. The van der Waals surface area contributed by atoms with Crippen molar-refractivity contribution in [3.63, 3.8) is 0 Å². The third kappa shape index (κ3) is 16.8. The van der Waals surface area contributed by atoms with E-state index < -0.39 is 18.0 Å². The van der Waals surface area contributed by atoms with Crippen LogP contribution in [0.15, 0.2) is 0 Å². The molecular formula is C25H50NO4+. The van der Waals surface area contributed by atoms with Gasteiger partial charge in [-0.3, -0.25) is 9.59 Å². The zero-order valence-electron chi connectivity index (χ0n) is 20.4. The number of hydrogen-bond acceptors (Lipinski definition) is 3. The normalized spacial score (nSPS) is 13.9. The Kier molecular flexibility index (Phi) is 16.2. The Labute approximate surface area is 185 Å². The molecule has 0 aliphatic rings. The molecule has 0 rings (SSSR count). The van der Waals surface area contributed by atoms with Crippen LogP contribution in [0, 0.1) is 0 Å². The minimum atomic E-state index is -1.76. The molecule has 0 fully saturated rings. The molecule has 178 valence electrons. The van der Waals surface area contributed by atoms with Crippen molar-refractivity contribution in [3.8, 4) is 0 Å². The number of aliphatic hydroxyl groups is 1. The second kappa shape index (κ2) is 16.7. The SMILES string of the molecule is CCCCCCCCCCCCCCCCCC(=O)[C@@](O)(CC(=O)O)C[N+](C)(C)C. The van der Waals surface area contributed by atoms with E-state index in [1.165, 1.54) is 77.0 Å². The molecule has 5 nitrogen and oxygen atoms in total. The zero-order chi connectivity index (χ0) is 22.9. The molecule has 0 saturated carbocycles. The lowest BCUT2D eigenvalue weighted by Crippen LogP contribution is -2.54. The van der Waals surface area contributed by atoms with Gasteiger partial charge in [0.25, 0.3) is 0 Å². The Morgan fingerprint density at radius 3 is 1.40 bits per heavy atom. The molecule has 0 aromatic carbocycles. The van der Waals surface area contributed by atoms with E-state index in [0.29, 0.717) is 4.48 Å². The molecule has 30 heavy (non-hydrogen) atoms. The van der Waals surface area contributed by atoms with Gasteiger partial charge in [0.1, 0.15) is 6.54 Å². The maximum absolute atomic E-state index is 12.5. The number of Topliss-reactive ketones (excluding diaryl/α,β-unsaturated/α-hetero) is 1. The summed E-state index contributed by atoms with van der Waals surface area (Å²) >= 11 is 0. The van der Waals surface area contributed by atoms with Gasteiger partial charge in [-0.1, -0.05) is 96.8 Å². The predicted octanol–water partition coefficient (Wildman–Crippen LogP) is 5.73. The van der Waals surface area contributed by atoms with Crippen LogP contribution in [0.3, 0.4) is 0 Å². The van der Waals surface area contributed by atoms with Gasteiger partial charge in [0.15, 0.2) is 11.4 Å². The number of carboxylic acid groups (broad SMARTS) is 1. The van der Waals surface area contributed by atoms with Gasteiger partial charge in [-0.05, 0) is 6.42 Å². The molecule has 0 bridgehead atoms. The highest BCUT2D eigenvalue weighted by molar-refractivity contribution is 5.90. The number of nitrogens with zero attached hydrogens (tertiary/aromatic N) is 1. The molecule has 0 radical (unpaired) electrons. The highest BCUT2D eigenvalue weighted by Gasteiger charge is 2.42. The van der Waals surface area contributed by atoms with E-state index in [0.717, 1.165) is 19.3 Å². The van der Waals surface area contributed by atoms with Crippen LogP contribution in [-0.2, 0) is 9.59 Å². The lowest BCUT2D eigenvalue weighted by atomic mass is 9.89. The number of carboxylic acids is 1. The van der Waals surface area contributed by atoms with Gasteiger partial charge >= 0.3 is 5.97 Å². The van der Waals surface area contributed by atoms with Gasteiger partial charge in [-0.15, -0.1) is 0 Å². The Hall–Kier alpha value is -0.940. The summed E-state index contributed by atoms with van der Waals surface area (Å²) in [5.74, 6) is -1.46. The average molecular weight is 429 g/mol. The van der Waals surface area contributed by atoms with Gasteiger partial charge in [-0.2, -0.15) is 0 Å². The Bertz CT molecular complexity index is 459. The molecular weight excluding hydrogens is 378 g/mol. The standard InChI is InChI=1S/C25H49NO4/c1-5-6-7-8-9-10-11-12-13-14-15-16-17-18-19-20-23(27)25(30,21-24(28)29)22-26(2,3)4/h30H,5-22H2,1-4H3/p+1/t25-/m1/s1. The van der Waals surface area contributed by atoms with Crippen molar-refractivity contribution in [2.75, 3.05) is 27.7 Å². The Morgan fingerprint density at radius 1 is 0.700 bits per heavy atom. The molecule has 5 heteroatoms. The van der Waals surface area contributed by atoms with Gasteiger partial charge in [0, 0.05) is 6.42 Å². The fourth-order valence-corrected chi connectivity index (χ4v) is 4.17. The first-order valence-corrected chi connectivity index (χ1v) is 12.4. The van der Waals surface area contributed by atoms with Crippen molar-refractivity contribution in [2.45, 2.75) is 122 Å². The summed E-state index contributed by atoms with van der Waals surface area (Å²) in [7, 11) is 5.56. The van der Waals surface area contributed by atoms with Gasteiger partial charge in [0.05, 0.1) is 27.6 Å². The van der Waals surface area contributed by atoms with E-state index in [1.807, 2.05) is 21.1 Å². The van der Waals surface area contributed by atoms with Crippen LogP contribution >= 0.6 is 0 Å². The van der Waals surface area contributed by atoms with Crippen molar-refractivity contribution in [3.05, 3.63) is 0 Å². The second-order valence-electron chi connectivity index (χ2n) is 10.2. The number of carbonyl (C=O) groups excluding carboxylic acids is 1. The predicted molar refractivity (Wildman–Crippen MR) is 125 cm³/mol. The van der Waals surface area contributed by atoms with E-state index in [-0.39, 0.29) is 18.7 Å². The zero-order valence-corrected chi connectivity index (χ0v) is 20.4. The average Bonchev–Trinajstić information content (AvgIpc) is 2.62. The highest BCUT2D eigenvalue weighted by atomic mass is 16.4. The molecule has 0 aliphatic heterocycles. The maximum Gasteiger partial charge on any atom is 0.306 e. The van der Waals surface area contributed by atoms with Gasteiger partial charge < -0.3 is 14.7 Å². The first kappa shape index (κ1) is 29.1. The third-order valence-corrected chi connectivity index (χ3v) is 5.71. The number of carbonyl (C=O) groups is 2. The largest absolute Gasteiger partial charge is 0.481 e. The topological polar surface area (TPSA) is 74.6 Å². The molecule has 0 spiro atoms. The fourth-order valence-electron chi connectivity index (χ4n) is 4.17. The summed E-state index contributed by atoms with van der Waals surface area (Å²) in [5.41, 5.74) is -1.76. The van der Waals surface area contributed by atoms with Crippen LogP contribution in [0.5, 0.6) is 0 Å². The lowest BCUT2D eigenvalue weighted by molar-refractivity contribution is -0.875. The number of quaternary nitrogens is 1. The molecule has 0 saturated heterocycles. The number of aliphatic carboxylic acids is 1. The van der Waals surface area contributed by atoms with Crippen molar-refractivity contribution < 1.29 is 24.3 Å².